The number of aliphatic hydroxyl groups excluding tert-OH is 1. The van der Waals surface area contributed by atoms with Crippen LogP contribution in [0.1, 0.15) is 132 Å². The van der Waals surface area contributed by atoms with Crippen LogP contribution in [-0.2, 0) is 72.4 Å². The molecule has 2 aromatic carbocycles. The molecule has 3 fully saturated rings. The van der Waals surface area contributed by atoms with Crippen molar-refractivity contribution in [3.63, 3.8) is 0 Å². The van der Waals surface area contributed by atoms with Gasteiger partial charge in [0, 0.05) is 114 Å². The Morgan fingerprint density at radius 2 is 1.39 bits per heavy atom. The highest BCUT2D eigenvalue weighted by Crippen LogP contribution is 2.31. The molecule has 25 heteroatoms. The molecular formula is C64H97N11O12S2. The number of primary amides is 1. The Hall–Kier alpha value is -5.96. The first kappa shape index (κ1) is 72.1. The minimum Gasteiger partial charge on any atom is -0.481 e. The fourth-order valence-corrected chi connectivity index (χ4v) is 14.4. The number of carbonyl (C=O) groups excluding carboxylic acids is 9. The van der Waals surface area contributed by atoms with Gasteiger partial charge in [0.25, 0.3) is 0 Å². The van der Waals surface area contributed by atoms with Crippen molar-refractivity contribution in [1.82, 2.24) is 40.9 Å². The van der Waals surface area contributed by atoms with Crippen LogP contribution in [0.25, 0.3) is 0 Å². The van der Waals surface area contributed by atoms with E-state index in [4.69, 9.17) is 17.2 Å². The number of amides is 7. The zero-order valence-corrected chi connectivity index (χ0v) is 53.7. The van der Waals surface area contributed by atoms with E-state index < -0.39 is 95.9 Å². The van der Waals surface area contributed by atoms with Crippen LogP contribution in [0.15, 0.2) is 48.5 Å². The van der Waals surface area contributed by atoms with Gasteiger partial charge in [-0.25, -0.2) is 0 Å². The van der Waals surface area contributed by atoms with Gasteiger partial charge in [0.2, 0.25) is 41.4 Å². The largest absolute Gasteiger partial charge is 0.481 e. The third-order valence-electron chi connectivity index (χ3n) is 17.1. The third kappa shape index (κ3) is 22.7. The van der Waals surface area contributed by atoms with Crippen LogP contribution < -0.4 is 38.5 Å². The van der Waals surface area contributed by atoms with Gasteiger partial charge in [-0.1, -0.05) is 74.7 Å². The molecule has 0 aromatic heterocycles. The maximum atomic E-state index is 14.9. The molecule has 23 nitrogen and oxygen atoms in total. The number of aliphatic carboxylic acids is 1. The number of ketones is 2. The lowest BCUT2D eigenvalue weighted by atomic mass is 9.95. The summed E-state index contributed by atoms with van der Waals surface area (Å²) in [5, 5.41) is 32.8. The molecule has 7 amide bonds. The fourth-order valence-electron chi connectivity index (χ4n) is 12.2. The lowest BCUT2D eigenvalue weighted by molar-refractivity contribution is -0.148. The van der Waals surface area contributed by atoms with E-state index in [2.05, 4.69) is 45.2 Å². The molecule has 9 atom stereocenters. The average Bonchev–Trinajstić information content (AvgIpc) is 2.85. The Labute approximate surface area is 532 Å². The molecule has 89 heavy (non-hydrogen) atoms. The summed E-state index contributed by atoms with van der Waals surface area (Å²) in [5.74, 6) is -6.99. The van der Waals surface area contributed by atoms with Gasteiger partial charge in [-0.05, 0) is 93.5 Å². The number of fused-ring (bicyclic) bond motifs is 4. The van der Waals surface area contributed by atoms with Crippen molar-refractivity contribution in [2.45, 2.75) is 171 Å². The van der Waals surface area contributed by atoms with E-state index in [9.17, 15) is 58.2 Å². The standard InChI is InChI=1S/C64H97N11O12S2/c1-3-4-6-16-50(77)34-48-40-88-38-45-30-44(37-72-26-28-73(29-27-72)61(83)47(15-9-10-21-65)36-68-23-22-66)31-46(32-45)39-89-41-49(64(86)87)35-55(78)52(33-43-13-7-5-8-14-43)70-58(80)51(19-20-56(67)79)69-60(82)57(42(2)76)71-59(81)53-17-11-24-74(53)63(85)54-18-12-25-75(54)62(48)84/h5,7-8,13-14,30-32,42,47-49,51-54,57,68,76H,3-4,6,9-12,15-29,33-41,65-66H2,1-2H3,(H2,67,79)(H,69,82)(H,70,80)(H,71,81)(H,86,87)/t42-,47?,48+,49+,51+,52+,53+,54+,57+/m1/s1. The van der Waals surface area contributed by atoms with Crippen molar-refractivity contribution >= 4 is 82.4 Å². The third-order valence-corrected chi connectivity index (χ3v) is 19.5. The number of rotatable bonds is 24. The van der Waals surface area contributed by atoms with E-state index in [0.717, 1.165) is 48.8 Å². The first-order valence-electron chi connectivity index (χ1n) is 32.0. The number of aliphatic hydroxyl groups is 1. The van der Waals surface area contributed by atoms with Crippen LogP contribution in [0, 0.1) is 17.8 Å². The molecular weight excluding hydrogens is 1180 g/mol. The molecule has 1 unspecified atom stereocenters. The Morgan fingerprint density at radius 1 is 0.730 bits per heavy atom. The Kier molecular flexibility index (Phi) is 30.3. The van der Waals surface area contributed by atoms with Gasteiger partial charge in [-0.2, -0.15) is 23.5 Å². The molecule has 4 aliphatic rings. The number of hydrogen-bond donors (Lipinski definition) is 9. The highest BCUT2D eigenvalue weighted by Gasteiger charge is 2.45. The summed E-state index contributed by atoms with van der Waals surface area (Å²) in [7, 11) is 0. The van der Waals surface area contributed by atoms with Gasteiger partial charge in [0.05, 0.1) is 29.9 Å². The molecule has 3 saturated heterocycles. The van der Waals surface area contributed by atoms with E-state index in [1.165, 1.54) is 35.3 Å². The fraction of sp³-hybridized carbons (Fsp3) is 0.656. The van der Waals surface area contributed by atoms with Crippen LogP contribution >= 0.6 is 23.5 Å². The van der Waals surface area contributed by atoms with Crippen molar-refractivity contribution < 1.29 is 58.2 Å². The van der Waals surface area contributed by atoms with E-state index in [0.29, 0.717) is 108 Å². The quantitative estimate of drug-likeness (QED) is 0.0681. The SMILES string of the molecule is CCCCCC(=O)C[C@H]1CSCc2cc(cc(CN3CCN(C(=O)C(CCCCN)CNCCN)CC3)c2)CSC[C@@H](C(=O)O)CC(=O)[C@H](Cc2ccccc2)NC(=O)[C@H](CCC(N)=O)NC(=O)[C@H]([C@@H](C)O)NC(=O)[C@@H]2CCCN2C(=O)[C@@H]2CCCN2C1=O. The number of carbonyl (C=O) groups is 10. The highest BCUT2D eigenvalue weighted by atomic mass is 32.2. The highest BCUT2D eigenvalue weighted by molar-refractivity contribution is 7.98. The summed E-state index contributed by atoms with van der Waals surface area (Å²) in [6.07, 6.45) is 3.91. The van der Waals surface area contributed by atoms with E-state index in [1.807, 2.05) is 11.0 Å². The van der Waals surface area contributed by atoms with Crippen molar-refractivity contribution in [1.29, 1.82) is 0 Å². The van der Waals surface area contributed by atoms with E-state index >= 15 is 0 Å². The molecule has 4 heterocycles. The van der Waals surface area contributed by atoms with Crippen LogP contribution in [0.4, 0.5) is 0 Å². The minimum absolute atomic E-state index is 0.00906. The van der Waals surface area contributed by atoms with Crippen molar-refractivity contribution in [2.75, 3.05) is 77.0 Å². The van der Waals surface area contributed by atoms with Gasteiger partial charge in [0.1, 0.15) is 30.0 Å². The number of nitrogens with one attached hydrogen (secondary N) is 4. The second kappa shape index (κ2) is 37.4. The van der Waals surface area contributed by atoms with Gasteiger partial charge in [-0.3, -0.25) is 52.8 Å². The predicted molar refractivity (Wildman–Crippen MR) is 342 cm³/mol. The number of Topliss-reactive ketones (excluding diaryl/α,β-unsaturated/α-hetero) is 2. The first-order valence-corrected chi connectivity index (χ1v) is 34.3. The number of thioether (sulfide) groups is 2. The molecule has 0 saturated carbocycles. The summed E-state index contributed by atoms with van der Waals surface area (Å²) >= 11 is 2.85. The number of nitrogens with zero attached hydrogens (tertiary/aromatic N) is 4. The van der Waals surface area contributed by atoms with Crippen molar-refractivity contribution in [2.24, 2.45) is 35.0 Å². The van der Waals surface area contributed by atoms with E-state index in [-0.39, 0.29) is 80.2 Å². The first-order chi connectivity index (χ1) is 42.8. The second-order valence-electron chi connectivity index (χ2n) is 24.3. The number of nitrogens with two attached hydrogens (primary N) is 3. The van der Waals surface area contributed by atoms with Gasteiger partial charge in [0.15, 0.2) is 5.78 Å². The van der Waals surface area contributed by atoms with Crippen LogP contribution in [-0.4, -0.2) is 202 Å². The summed E-state index contributed by atoms with van der Waals surface area (Å²) in [6, 6.07) is 8.53. The van der Waals surface area contributed by atoms with Gasteiger partial charge < -0.3 is 63.4 Å². The summed E-state index contributed by atoms with van der Waals surface area (Å²) < 4.78 is 0. The lowest BCUT2D eigenvalue weighted by Gasteiger charge is -2.36. The Morgan fingerprint density at radius 3 is 2.03 bits per heavy atom. The number of benzene rings is 2. The maximum Gasteiger partial charge on any atom is 0.307 e. The van der Waals surface area contributed by atoms with Gasteiger partial charge >= 0.3 is 5.97 Å². The Bertz CT molecular complexity index is 2690. The molecule has 2 aromatic rings. The molecule has 0 radical (unpaired) electrons. The lowest BCUT2D eigenvalue weighted by Crippen LogP contribution is -2.61. The summed E-state index contributed by atoms with van der Waals surface area (Å²) in [4.78, 5) is 147. The van der Waals surface area contributed by atoms with Crippen LogP contribution in [0.3, 0.4) is 0 Å². The van der Waals surface area contributed by atoms with Crippen LogP contribution in [0.2, 0.25) is 0 Å². The number of hydrogen-bond acceptors (Lipinski definition) is 17. The van der Waals surface area contributed by atoms with Gasteiger partial charge in [-0.15, -0.1) is 0 Å². The zero-order chi connectivity index (χ0) is 64.4. The maximum absolute atomic E-state index is 14.9. The molecule has 0 aliphatic carbocycles. The molecule has 4 aliphatic heterocycles. The second-order valence-corrected chi connectivity index (χ2v) is 26.3. The molecule has 6 rings (SSSR count). The monoisotopic (exact) mass is 1280 g/mol. The number of unbranched alkanes of at least 4 members (excludes halogenated alkanes) is 3. The Balaban J connectivity index is 1.32. The molecule has 0 spiro atoms. The van der Waals surface area contributed by atoms with E-state index in [1.54, 1.807) is 35.2 Å². The van der Waals surface area contributed by atoms with Crippen LogP contribution in [0.5, 0.6) is 0 Å². The topological polar surface area (TPSA) is 350 Å². The molecule has 492 valence electrons. The molecule has 2 bridgehead atoms. The predicted octanol–water partition coefficient (Wildman–Crippen LogP) is 2.25. The smallest absolute Gasteiger partial charge is 0.307 e. The van der Waals surface area contributed by atoms with Crippen molar-refractivity contribution in [3.8, 4) is 0 Å². The minimum atomic E-state index is -1.66. The average molecular weight is 1280 g/mol. The van der Waals surface area contributed by atoms with Crippen molar-refractivity contribution in [3.05, 3.63) is 70.8 Å². The normalized spacial score (nSPS) is 24.1. The number of piperazine rings is 1. The summed E-state index contributed by atoms with van der Waals surface area (Å²) in [6.45, 7) is 8.88. The zero-order valence-electron chi connectivity index (χ0n) is 52.0. The number of carboxylic acid groups (broad SMARTS) is 1. The summed E-state index contributed by atoms with van der Waals surface area (Å²) in [5.41, 5.74) is 20.5. The number of carboxylic acids is 1. The molecule has 12 N–H and O–H groups in total.